The summed E-state index contributed by atoms with van der Waals surface area (Å²) in [6.45, 7) is 0. The van der Waals surface area contributed by atoms with Gasteiger partial charge in [0.25, 0.3) is 10.0 Å². The first kappa shape index (κ1) is 13.0. The van der Waals surface area contributed by atoms with Crippen molar-refractivity contribution in [2.75, 3.05) is 11.5 Å². The van der Waals surface area contributed by atoms with Crippen molar-refractivity contribution in [2.24, 2.45) is 0 Å². The highest BCUT2D eigenvalue weighted by atomic mass is 32.2. The van der Waals surface area contributed by atoms with Gasteiger partial charge in [0.1, 0.15) is 0 Å². The summed E-state index contributed by atoms with van der Waals surface area (Å²) in [7, 11) is -4.24. The van der Waals surface area contributed by atoms with Crippen molar-refractivity contribution in [3.05, 3.63) is 46.8 Å². The Labute approximate surface area is 107 Å². The number of aromatic nitrogens is 2. The molecule has 0 amide bonds. The predicted molar refractivity (Wildman–Crippen MR) is 66.3 cm³/mol. The lowest BCUT2D eigenvalue weighted by atomic mass is 10.3. The van der Waals surface area contributed by atoms with Crippen LogP contribution in [0.1, 0.15) is 0 Å². The molecule has 1 aromatic carbocycles. The molecule has 7 nitrogen and oxygen atoms in total. The molecule has 4 N–H and O–H groups in total. The highest BCUT2D eigenvalue weighted by Crippen LogP contribution is 2.14. The van der Waals surface area contributed by atoms with E-state index in [1.165, 1.54) is 24.3 Å². The molecule has 100 valence electrons. The normalized spacial score (nSPS) is 11.4. The Hall–Kier alpha value is -2.42. The van der Waals surface area contributed by atoms with Crippen LogP contribution in [0.5, 0.6) is 0 Å². The van der Waals surface area contributed by atoms with Gasteiger partial charge in [-0.15, -0.1) is 0 Å². The molecule has 2 aromatic rings. The quantitative estimate of drug-likeness (QED) is 0.735. The van der Waals surface area contributed by atoms with Gasteiger partial charge in [-0.25, -0.2) is 17.6 Å². The summed E-state index contributed by atoms with van der Waals surface area (Å²) >= 11 is 0. The van der Waals surface area contributed by atoms with E-state index in [1.807, 2.05) is 0 Å². The average molecular weight is 284 g/mol. The van der Waals surface area contributed by atoms with Gasteiger partial charge < -0.3 is 11.5 Å². The van der Waals surface area contributed by atoms with Crippen molar-refractivity contribution in [2.45, 2.75) is 4.90 Å². The Morgan fingerprint density at radius 2 is 1.74 bits per heavy atom. The summed E-state index contributed by atoms with van der Waals surface area (Å²) in [6.07, 6.45) is 0.482. The molecule has 0 aliphatic rings. The third-order valence-electron chi connectivity index (χ3n) is 2.32. The highest BCUT2D eigenvalue weighted by Gasteiger charge is 2.20. The number of nitrogens with two attached hydrogens (primary N) is 2. The summed E-state index contributed by atoms with van der Waals surface area (Å²) in [4.78, 5) is 14.4. The minimum atomic E-state index is -4.24. The second-order valence-electron chi connectivity index (χ2n) is 3.63. The second-order valence-corrected chi connectivity index (χ2v) is 5.44. The van der Waals surface area contributed by atoms with Crippen LogP contribution >= 0.6 is 0 Å². The molecule has 0 fully saturated rings. The van der Waals surface area contributed by atoms with Crippen LogP contribution in [0.4, 0.5) is 15.9 Å². The Morgan fingerprint density at radius 1 is 1.16 bits per heavy atom. The van der Waals surface area contributed by atoms with Gasteiger partial charge in [-0.3, -0.25) is 0 Å². The van der Waals surface area contributed by atoms with E-state index in [4.69, 9.17) is 11.5 Å². The number of nitrogens with zero attached hydrogens (tertiary/aromatic N) is 2. The monoisotopic (exact) mass is 284 g/mol. The molecule has 2 rings (SSSR count). The number of nitrogen functional groups attached to an aromatic ring is 2. The predicted octanol–water partition coefficient (Wildman–Crippen LogP) is -0.216. The summed E-state index contributed by atoms with van der Waals surface area (Å²) in [5.74, 6) is -1.76. The average Bonchev–Trinajstić information content (AvgIpc) is 2.34. The standard InChI is InChI=1S/C10H9FN4O3S/c11-8-5-15(10(16)14-9(8)13)19(17,18)7-3-1-6(12)2-4-7/h1-5H,12H2,(H2,13,14,16). The minimum Gasteiger partial charge on any atom is -0.399 e. The first-order chi connectivity index (χ1) is 8.82. The van der Waals surface area contributed by atoms with E-state index in [1.54, 1.807) is 0 Å². The molecule has 0 spiro atoms. The Kier molecular flexibility index (Phi) is 2.98. The topological polar surface area (TPSA) is 121 Å². The molecule has 9 heteroatoms. The van der Waals surface area contributed by atoms with Crippen molar-refractivity contribution >= 4 is 21.5 Å². The van der Waals surface area contributed by atoms with Gasteiger partial charge >= 0.3 is 5.69 Å². The van der Waals surface area contributed by atoms with Crippen molar-refractivity contribution in [1.29, 1.82) is 0 Å². The van der Waals surface area contributed by atoms with Crippen LogP contribution in [0.2, 0.25) is 0 Å². The molecule has 0 unspecified atom stereocenters. The van der Waals surface area contributed by atoms with Crippen LogP contribution in [-0.4, -0.2) is 17.4 Å². The summed E-state index contributed by atoms with van der Waals surface area (Å²) < 4.78 is 37.6. The lowest BCUT2D eigenvalue weighted by Gasteiger charge is -2.07. The van der Waals surface area contributed by atoms with Crippen molar-refractivity contribution in [1.82, 2.24) is 8.96 Å². The van der Waals surface area contributed by atoms with Gasteiger partial charge in [-0.2, -0.15) is 8.96 Å². The molecule has 19 heavy (non-hydrogen) atoms. The maximum absolute atomic E-state index is 13.2. The number of anilines is 2. The largest absolute Gasteiger partial charge is 0.399 e. The maximum atomic E-state index is 13.2. The third kappa shape index (κ3) is 2.27. The summed E-state index contributed by atoms with van der Waals surface area (Å²) in [5, 5.41) is 0. The molecule has 0 saturated heterocycles. The van der Waals surface area contributed by atoms with Gasteiger partial charge in [0.05, 0.1) is 11.1 Å². The zero-order valence-electron chi connectivity index (χ0n) is 9.45. The van der Waals surface area contributed by atoms with Crippen LogP contribution in [0.3, 0.4) is 0 Å². The van der Waals surface area contributed by atoms with Crippen LogP contribution in [0.25, 0.3) is 0 Å². The Bertz CT molecular complexity index is 783. The van der Waals surface area contributed by atoms with E-state index in [2.05, 4.69) is 4.98 Å². The third-order valence-corrected chi connectivity index (χ3v) is 3.96. The number of rotatable bonds is 2. The van der Waals surface area contributed by atoms with Gasteiger partial charge in [0, 0.05) is 5.69 Å². The van der Waals surface area contributed by atoms with Gasteiger partial charge in [-0.05, 0) is 24.3 Å². The van der Waals surface area contributed by atoms with E-state index >= 15 is 0 Å². The van der Waals surface area contributed by atoms with Crippen LogP contribution in [0, 0.1) is 5.82 Å². The van der Waals surface area contributed by atoms with Crippen LogP contribution in [0.15, 0.2) is 40.2 Å². The van der Waals surface area contributed by atoms with E-state index < -0.39 is 27.3 Å². The molecule has 1 aromatic heterocycles. The molecule has 0 aliphatic heterocycles. The molecular weight excluding hydrogens is 275 g/mol. The zero-order valence-corrected chi connectivity index (χ0v) is 10.3. The second kappa shape index (κ2) is 4.35. The molecule has 0 atom stereocenters. The molecule has 0 bridgehead atoms. The number of benzene rings is 1. The smallest absolute Gasteiger partial charge is 0.363 e. The number of halogens is 1. The van der Waals surface area contributed by atoms with E-state index in [0.29, 0.717) is 11.9 Å². The van der Waals surface area contributed by atoms with E-state index in [0.717, 1.165) is 0 Å². The van der Waals surface area contributed by atoms with Gasteiger partial charge in [0.2, 0.25) is 0 Å². The molecule has 1 heterocycles. The first-order valence-electron chi connectivity index (χ1n) is 4.98. The SMILES string of the molecule is Nc1ccc(S(=O)(=O)n2cc(F)c(N)nc2=O)cc1. The van der Waals surface area contributed by atoms with E-state index in [-0.39, 0.29) is 8.87 Å². The van der Waals surface area contributed by atoms with Crippen LogP contribution in [-0.2, 0) is 10.0 Å². The maximum Gasteiger partial charge on any atom is 0.363 e. The lowest BCUT2D eigenvalue weighted by Crippen LogP contribution is -2.30. The molecular formula is C10H9FN4O3S. The highest BCUT2D eigenvalue weighted by molar-refractivity contribution is 7.90. The molecule has 0 aliphatic carbocycles. The van der Waals surface area contributed by atoms with Crippen molar-refractivity contribution < 1.29 is 12.8 Å². The van der Waals surface area contributed by atoms with Crippen molar-refractivity contribution in [3.63, 3.8) is 0 Å². The number of hydrogen-bond acceptors (Lipinski definition) is 6. The Balaban J connectivity index is 2.67. The fourth-order valence-corrected chi connectivity index (χ4v) is 2.54. The number of hydrogen-bond donors (Lipinski definition) is 2. The summed E-state index contributed by atoms with van der Waals surface area (Å²) in [6, 6.07) is 5.09. The minimum absolute atomic E-state index is 0.185. The fourth-order valence-electron chi connectivity index (χ4n) is 1.36. The Morgan fingerprint density at radius 3 is 2.32 bits per heavy atom. The fraction of sp³-hybridized carbons (Fsp3) is 0. The summed E-state index contributed by atoms with van der Waals surface area (Å²) in [5.41, 5.74) is 9.68. The molecule has 0 radical (unpaired) electrons. The van der Waals surface area contributed by atoms with Crippen LogP contribution < -0.4 is 17.2 Å². The zero-order chi connectivity index (χ0) is 14.2. The van der Waals surface area contributed by atoms with Gasteiger partial charge in [-0.1, -0.05) is 0 Å². The lowest BCUT2D eigenvalue weighted by molar-refractivity contribution is 0.572. The van der Waals surface area contributed by atoms with E-state index in [9.17, 15) is 17.6 Å². The van der Waals surface area contributed by atoms with Gasteiger partial charge in [0.15, 0.2) is 11.6 Å². The molecule has 0 saturated carbocycles. The van der Waals surface area contributed by atoms with Crippen molar-refractivity contribution in [3.8, 4) is 0 Å². The first-order valence-corrected chi connectivity index (χ1v) is 6.42.